The number of fused-ring (bicyclic) bond motifs is 1. The predicted octanol–water partition coefficient (Wildman–Crippen LogP) is 2.51. The lowest BCUT2D eigenvalue weighted by molar-refractivity contribution is -0.139. The zero-order valence-electron chi connectivity index (χ0n) is 14.9. The molecule has 2 amide bonds. The molecule has 1 N–H and O–H groups in total. The van der Waals surface area contributed by atoms with Crippen molar-refractivity contribution in [3.63, 3.8) is 0 Å². The van der Waals surface area contributed by atoms with Gasteiger partial charge in [-0.1, -0.05) is 6.07 Å². The third kappa shape index (κ3) is 4.43. The zero-order chi connectivity index (χ0) is 18.6. The molecule has 0 aromatic carbocycles. The van der Waals surface area contributed by atoms with Crippen LogP contribution >= 0.6 is 11.3 Å². The summed E-state index contributed by atoms with van der Waals surface area (Å²) >= 11 is 1.74. The SMILES string of the molecule is O=C1CCc2cc(C=CC(=O)N3CC(OCCc4cccs4)C3)cnc2N1. The molecule has 4 rings (SSSR count). The fourth-order valence-electron chi connectivity index (χ4n) is 3.14. The van der Waals surface area contributed by atoms with Gasteiger partial charge in [0.05, 0.1) is 12.7 Å². The molecule has 6 nitrogen and oxygen atoms in total. The van der Waals surface area contributed by atoms with Crippen molar-refractivity contribution >= 4 is 35.0 Å². The molecule has 2 aromatic heterocycles. The fourth-order valence-corrected chi connectivity index (χ4v) is 3.83. The number of nitrogens with zero attached hydrogens (tertiary/aromatic N) is 2. The van der Waals surface area contributed by atoms with Crippen LogP contribution in [0.5, 0.6) is 0 Å². The van der Waals surface area contributed by atoms with Gasteiger partial charge in [-0.25, -0.2) is 4.98 Å². The van der Waals surface area contributed by atoms with Crippen LogP contribution in [0.1, 0.15) is 22.4 Å². The standard InChI is InChI=1S/C20H21N3O3S/c24-18-5-4-15-10-14(11-21-20(15)22-18)3-6-19(25)23-12-16(13-23)26-8-7-17-2-1-9-27-17/h1-3,6,9-11,16H,4-5,7-8,12-13H2,(H,21,22,24). The molecule has 0 spiro atoms. The first-order valence-corrected chi connectivity index (χ1v) is 9.95. The van der Waals surface area contributed by atoms with E-state index in [0.717, 1.165) is 17.5 Å². The first-order chi connectivity index (χ1) is 13.2. The Morgan fingerprint density at radius 2 is 2.30 bits per heavy atom. The normalized spacial score (nSPS) is 16.9. The summed E-state index contributed by atoms with van der Waals surface area (Å²) in [7, 11) is 0. The molecule has 0 radical (unpaired) electrons. The van der Waals surface area contributed by atoms with E-state index in [-0.39, 0.29) is 17.9 Å². The fraction of sp³-hybridized carbons (Fsp3) is 0.350. The number of carbonyl (C=O) groups is 2. The maximum Gasteiger partial charge on any atom is 0.246 e. The van der Waals surface area contributed by atoms with Gasteiger partial charge in [-0.3, -0.25) is 9.59 Å². The Labute approximate surface area is 161 Å². The van der Waals surface area contributed by atoms with Gasteiger partial charge in [0, 0.05) is 43.1 Å². The van der Waals surface area contributed by atoms with E-state index in [1.807, 2.05) is 12.1 Å². The van der Waals surface area contributed by atoms with Gasteiger partial charge in [-0.05, 0) is 41.1 Å². The number of hydrogen-bond donors (Lipinski definition) is 1. The minimum atomic E-state index is -0.0147. The van der Waals surface area contributed by atoms with E-state index < -0.39 is 0 Å². The second-order valence-corrected chi connectivity index (χ2v) is 7.76. The Morgan fingerprint density at radius 3 is 3.11 bits per heavy atom. The molecule has 2 aliphatic rings. The molecule has 140 valence electrons. The summed E-state index contributed by atoms with van der Waals surface area (Å²) in [5.41, 5.74) is 1.87. The maximum absolute atomic E-state index is 12.2. The topological polar surface area (TPSA) is 71.5 Å². The monoisotopic (exact) mass is 383 g/mol. The third-order valence-corrected chi connectivity index (χ3v) is 5.66. The Morgan fingerprint density at radius 1 is 1.41 bits per heavy atom. The molecule has 27 heavy (non-hydrogen) atoms. The summed E-state index contributed by atoms with van der Waals surface area (Å²) in [6.07, 6.45) is 7.23. The van der Waals surface area contributed by atoms with E-state index in [2.05, 4.69) is 21.7 Å². The first kappa shape index (κ1) is 17.9. The van der Waals surface area contributed by atoms with Crippen LogP contribution in [-0.2, 0) is 27.2 Å². The summed E-state index contributed by atoms with van der Waals surface area (Å²) < 4.78 is 5.81. The minimum Gasteiger partial charge on any atom is -0.374 e. The van der Waals surface area contributed by atoms with Crippen molar-refractivity contribution in [1.29, 1.82) is 0 Å². The molecular formula is C20H21N3O3S. The lowest BCUT2D eigenvalue weighted by Gasteiger charge is -2.38. The highest BCUT2D eigenvalue weighted by atomic mass is 32.1. The van der Waals surface area contributed by atoms with Crippen LogP contribution in [0, 0.1) is 0 Å². The number of carbonyl (C=O) groups excluding carboxylic acids is 2. The van der Waals surface area contributed by atoms with Gasteiger partial charge >= 0.3 is 0 Å². The van der Waals surface area contributed by atoms with Crippen molar-refractivity contribution in [3.05, 3.63) is 51.9 Å². The summed E-state index contributed by atoms with van der Waals surface area (Å²) in [6, 6.07) is 6.13. The molecule has 0 aliphatic carbocycles. The summed E-state index contributed by atoms with van der Waals surface area (Å²) in [5.74, 6) is 0.609. The van der Waals surface area contributed by atoms with Crippen LogP contribution in [0.3, 0.4) is 0 Å². The zero-order valence-corrected chi connectivity index (χ0v) is 15.7. The highest BCUT2D eigenvalue weighted by Crippen LogP contribution is 2.21. The number of pyridine rings is 1. The Bertz CT molecular complexity index is 857. The van der Waals surface area contributed by atoms with E-state index in [1.165, 1.54) is 4.88 Å². The number of rotatable bonds is 6. The lowest BCUT2D eigenvalue weighted by atomic mass is 10.0. The van der Waals surface area contributed by atoms with Crippen LogP contribution in [0.4, 0.5) is 5.82 Å². The smallest absolute Gasteiger partial charge is 0.246 e. The van der Waals surface area contributed by atoms with Gasteiger partial charge in [0.1, 0.15) is 5.82 Å². The molecule has 2 aromatic rings. The number of aryl methyl sites for hydroxylation is 1. The average molecular weight is 383 g/mol. The van der Waals surface area contributed by atoms with Crippen molar-refractivity contribution in [2.24, 2.45) is 0 Å². The number of aromatic nitrogens is 1. The number of amides is 2. The number of anilines is 1. The molecule has 7 heteroatoms. The number of thiophene rings is 1. The van der Waals surface area contributed by atoms with Gasteiger partial charge < -0.3 is 15.0 Å². The van der Waals surface area contributed by atoms with Crippen molar-refractivity contribution in [2.75, 3.05) is 25.0 Å². The third-order valence-electron chi connectivity index (χ3n) is 4.73. The number of nitrogens with one attached hydrogen (secondary N) is 1. The minimum absolute atomic E-state index is 0.00147. The van der Waals surface area contributed by atoms with E-state index in [9.17, 15) is 9.59 Å². The van der Waals surface area contributed by atoms with Crippen molar-refractivity contribution in [2.45, 2.75) is 25.4 Å². The Balaban J connectivity index is 1.22. The molecule has 4 heterocycles. The largest absolute Gasteiger partial charge is 0.374 e. The molecule has 0 unspecified atom stereocenters. The Kier molecular flexibility index (Phi) is 5.31. The van der Waals surface area contributed by atoms with E-state index >= 15 is 0 Å². The number of hydrogen-bond acceptors (Lipinski definition) is 5. The van der Waals surface area contributed by atoms with Crippen LogP contribution in [-0.4, -0.2) is 47.5 Å². The molecule has 0 saturated carbocycles. The first-order valence-electron chi connectivity index (χ1n) is 9.07. The lowest BCUT2D eigenvalue weighted by Crippen LogP contribution is -2.54. The van der Waals surface area contributed by atoms with E-state index in [0.29, 0.717) is 38.4 Å². The van der Waals surface area contributed by atoms with Crippen molar-refractivity contribution < 1.29 is 14.3 Å². The second-order valence-electron chi connectivity index (χ2n) is 6.72. The number of ether oxygens (including phenoxy) is 1. The molecule has 2 aliphatic heterocycles. The second kappa shape index (κ2) is 8.02. The summed E-state index contributed by atoms with van der Waals surface area (Å²) in [4.78, 5) is 31.0. The van der Waals surface area contributed by atoms with Crippen LogP contribution in [0.15, 0.2) is 35.9 Å². The molecule has 1 saturated heterocycles. The van der Waals surface area contributed by atoms with E-state index in [4.69, 9.17) is 4.74 Å². The molecule has 1 fully saturated rings. The van der Waals surface area contributed by atoms with Crippen molar-refractivity contribution in [1.82, 2.24) is 9.88 Å². The van der Waals surface area contributed by atoms with Crippen LogP contribution in [0.25, 0.3) is 6.08 Å². The molecular weight excluding hydrogens is 362 g/mol. The van der Waals surface area contributed by atoms with Gasteiger partial charge in [0.25, 0.3) is 0 Å². The quantitative estimate of drug-likeness (QED) is 0.778. The molecule has 0 atom stereocenters. The number of likely N-dealkylation sites (tertiary alicyclic amines) is 1. The van der Waals surface area contributed by atoms with Gasteiger partial charge in [0.15, 0.2) is 0 Å². The van der Waals surface area contributed by atoms with E-state index in [1.54, 1.807) is 34.6 Å². The Hall–Kier alpha value is -2.51. The maximum atomic E-state index is 12.2. The summed E-state index contributed by atoms with van der Waals surface area (Å²) in [6.45, 7) is 1.98. The van der Waals surface area contributed by atoms with Crippen LogP contribution in [0.2, 0.25) is 0 Å². The summed E-state index contributed by atoms with van der Waals surface area (Å²) in [5, 5.41) is 4.83. The predicted molar refractivity (Wildman–Crippen MR) is 105 cm³/mol. The highest BCUT2D eigenvalue weighted by Gasteiger charge is 2.29. The van der Waals surface area contributed by atoms with Gasteiger partial charge in [-0.2, -0.15) is 0 Å². The average Bonchev–Trinajstić information content (AvgIpc) is 3.15. The molecule has 0 bridgehead atoms. The van der Waals surface area contributed by atoms with Gasteiger partial charge in [-0.15, -0.1) is 11.3 Å². The van der Waals surface area contributed by atoms with Gasteiger partial charge in [0.2, 0.25) is 11.8 Å². The highest BCUT2D eigenvalue weighted by molar-refractivity contribution is 7.09. The van der Waals surface area contributed by atoms with Crippen molar-refractivity contribution in [3.8, 4) is 0 Å². The van der Waals surface area contributed by atoms with Crippen LogP contribution < -0.4 is 5.32 Å².